The lowest BCUT2D eigenvalue weighted by atomic mass is 10.1. The van der Waals surface area contributed by atoms with E-state index in [0.717, 1.165) is 26.1 Å². The van der Waals surface area contributed by atoms with Crippen molar-refractivity contribution in [3.8, 4) is 0 Å². The average Bonchev–Trinajstić information content (AvgIpc) is 3.18. The van der Waals surface area contributed by atoms with Gasteiger partial charge >= 0.3 is 0 Å². The van der Waals surface area contributed by atoms with E-state index in [0.29, 0.717) is 17.7 Å². The summed E-state index contributed by atoms with van der Waals surface area (Å²) in [5.74, 6) is 0.744. The molecule has 1 amide bonds. The van der Waals surface area contributed by atoms with Gasteiger partial charge in [0, 0.05) is 26.3 Å². The quantitative estimate of drug-likeness (QED) is 0.923. The molecule has 0 aromatic carbocycles. The number of amides is 1. The van der Waals surface area contributed by atoms with E-state index in [9.17, 15) is 4.79 Å². The third-order valence-electron chi connectivity index (χ3n) is 4.83. The normalized spacial score (nSPS) is 23.4. The van der Waals surface area contributed by atoms with Crippen molar-refractivity contribution in [3.05, 3.63) is 18.0 Å². The van der Waals surface area contributed by atoms with Gasteiger partial charge in [-0.1, -0.05) is 12.8 Å². The van der Waals surface area contributed by atoms with Crippen molar-refractivity contribution >= 4 is 5.91 Å². The zero-order chi connectivity index (χ0) is 14.7. The van der Waals surface area contributed by atoms with Crippen LogP contribution in [0.15, 0.2) is 12.3 Å². The molecule has 0 radical (unpaired) electrons. The molecule has 1 saturated heterocycles. The molecule has 5 nitrogen and oxygen atoms in total. The molecule has 1 aliphatic carbocycles. The van der Waals surface area contributed by atoms with Crippen molar-refractivity contribution in [2.24, 2.45) is 5.92 Å². The van der Waals surface area contributed by atoms with E-state index in [1.165, 1.54) is 32.1 Å². The maximum absolute atomic E-state index is 12.5. The minimum atomic E-state index is 0.0596. The number of carbonyl (C=O) groups excluding carboxylic acids is 1. The van der Waals surface area contributed by atoms with Crippen LogP contribution in [0.25, 0.3) is 0 Å². The highest BCUT2D eigenvalue weighted by molar-refractivity contribution is 5.92. The number of nitrogens with zero attached hydrogens (tertiary/aromatic N) is 3. The van der Waals surface area contributed by atoms with Crippen molar-refractivity contribution < 1.29 is 4.79 Å². The molecule has 1 aliphatic heterocycles. The van der Waals surface area contributed by atoms with Gasteiger partial charge < -0.3 is 10.2 Å². The molecule has 1 aromatic rings. The topological polar surface area (TPSA) is 50.2 Å². The monoisotopic (exact) mass is 290 g/mol. The first kappa shape index (κ1) is 14.6. The van der Waals surface area contributed by atoms with Gasteiger partial charge in [-0.25, -0.2) is 0 Å². The summed E-state index contributed by atoms with van der Waals surface area (Å²) in [7, 11) is 1.90. The molecule has 116 valence electrons. The number of nitrogens with one attached hydrogen (secondary N) is 1. The van der Waals surface area contributed by atoms with Crippen LogP contribution in [0.4, 0.5) is 0 Å². The number of rotatable bonds is 4. The number of hydrogen-bond acceptors (Lipinski definition) is 3. The maximum Gasteiger partial charge on any atom is 0.274 e. The average molecular weight is 290 g/mol. The number of hydrogen-bond donors (Lipinski definition) is 1. The first-order chi connectivity index (χ1) is 10.2. The Hall–Kier alpha value is -1.36. The lowest BCUT2D eigenvalue weighted by Crippen LogP contribution is -2.33. The van der Waals surface area contributed by atoms with Crippen molar-refractivity contribution in [3.63, 3.8) is 0 Å². The molecule has 1 atom stereocenters. The molecular formula is C16H26N4O. The maximum atomic E-state index is 12.5. The Morgan fingerprint density at radius 1 is 1.38 bits per heavy atom. The standard InChI is InChI=1S/C16H26N4O/c1-19(12-13-5-2-3-6-13)16(21)15-8-10-20(18-15)14-7-4-9-17-11-14/h8,10,13-14,17H,2-7,9,11-12H2,1H3. The molecule has 1 N–H and O–H groups in total. The van der Waals surface area contributed by atoms with Gasteiger partial charge in [0.05, 0.1) is 6.04 Å². The van der Waals surface area contributed by atoms with Crippen molar-refractivity contribution in [2.45, 2.75) is 44.6 Å². The number of piperidine rings is 1. The van der Waals surface area contributed by atoms with Gasteiger partial charge in [0.15, 0.2) is 0 Å². The fourth-order valence-electron chi connectivity index (χ4n) is 3.57. The molecule has 1 aromatic heterocycles. The Kier molecular flexibility index (Phi) is 4.58. The fraction of sp³-hybridized carbons (Fsp3) is 0.750. The minimum Gasteiger partial charge on any atom is -0.340 e. The minimum absolute atomic E-state index is 0.0596. The summed E-state index contributed by atoms with van der Waals surface area (Å²) in [6, 6.07) is 2.25. The summed E-state index contributed by atoms with van der Waals surface area (Å²) in [6.45, 7) is 2.91. The highest BCUT2D eigenvalue weighted by Gasteiger charge is 2.22. The van der Waals surface area contributed by atoms with Gasteiger partial charge in [-0.3, -0.25) is 9.48 Å². The second kappa shape index (κ2) is 6.60. The number of carbonyl (C=O) groups is 1. The molecular weight excluding hydrogens is 264 g/mol. The molecule has 3 rings (SSSR count). The fourth-order valence-corrected chi connectivity index (χ4v) is 3.57. The molecule has 0 bridgehead atoms. The molecule has 21 heavy (non-hydrogen) atoms. The van der Waals surface area contributed by atoms with E-state index in [4.69, 9.17) is 0 Å². The van der Waals surface area contributed by atoms with E-state index in [-0.39, 0.29) is 5.91 Å². The van der Waals surface area contributed by atoms with E-state index < -0.39 is 0 Å². The van der Waals surface area contributed by atoms with Crippen LogP contribution in [0, 0.1) is 5.92 Å². The second-order valence-electron chi connectivity index (χ2n) is 6.52. The van der Waals surface area contributed by atoms with E-state index >= 15 is 0 Å². The summed E-state index contributed by atoms with van der Waals surface area (Å²) < 4.78 is 1.96. The summed E-state index contributed by atoms with van der Waals surface area (Å²) in [4.78, 5) is 14.3. The molecule has 1 saturated carbocycles. The van der Waals surface area contributed by atoms with Gasteiger partial charge in [-0.05, 0) is 44.2 Å². The van der Waals surface area contributed by atoms with Gasteiger partial charge in [0.1, 0.15) is 5.69 Å². The van der Waals surface area contributed by atoms with Crippen LogP contribution in [0.2, 0.25) is 0 Å². The van der Waals surface area contributed by atoms with E-state index in [1.807, 2.05) is 28.9 Å². The highest BCUT2D eigenvalue weighted by atomic mass is 16.2. The molecule has 0 spiro atoms. The van der Waals surface area contributed by atoms with Crippen LogP contribution < -0.4 is 5.32 Å². The predicted octanol–water partition coefficient (Wildman–Crippen LogP) is 2.07. The lowest BCUT2D eigenvalue weighted by molar-refractivity contribution is 0.0766. The zero-order valence-corrected chi connectivity index (χ0v) is 12.9. The van der Waals surface area contributed by atoms with Crippen LogP contribution in [0.1, 0.15) is 55.1 Å². The SMILES string of the molecule is CN(CC1CCCC1)C(=O)c1ccn(C2CCCNC2)n1. The second-order valence-corrected chi connectivity index (χ2v) is 6.52. The Bertz CT molecular complexity index is 472. The smallest absolute Gasteiger partial charge is 0.274 e. The van der Waals surface area contributed by atoms with Crippen LogP contribution in [-0.2, 0) is 0 Å². The molecule has 2 fully saturated rings. The molecule has 1 unspecified atom stereocenters. The third-order valence-corrected chi connectivity index (χ3v) is 4.83. The van der Waals surface area contributed by atoms with Gasteiger partial charge in [0.2, 0.25) is 0 Å². The largest absolute Gasteiger partial charge is 0.340 e. The number of aromatic nitrogens is 2. The Labute approximate surface area is 126 Å². The third kappa shape index (κ3) is 3.46. The zero-order valence-electron chi connectivity index (χ0n) is 12.9. The van der Waals surface area contributed by atoms with Crippen LogP contribution in [0.5, 0.6) is 0 Å². The van der Waals surface area contributed by atoms with E-state index in [1.54, 1.807) is 0 Å². The van der Waals surface area contributed by atoms with Gasteiger partial charge in [-0.2, -0.15) is 5.10 Å². The Morgan fingerprint density at radius 3 is 2.90 bits per heavy atom. The van der Waals surface area contributed by atoms with Crippen LogP contribution in [0.3, 0.4) is 0 Å². The van der Waals surface area contributed by atoms with Gasteiger partial charge in [0.25, 0.3) is 5.91 Å². The Morgan fingerprint density at radius 2 is 2.19 bits per heavy atom. The van der Waals surface area contributed by atoms with Crippen molar-refractivity contribution in [2.75, 3.05) is 26.7 Å². The molecule has 2 aliphatic rings. The first-order valence-electron chi connectivity index (χ1n) is 8.25. The first-order valence-corrected chi connectivity index (χ1v) is 8.25. The molecule has 5 heteroatoms. The van der Waals surface area contributed by atoms with Crippen LogP contribution >= 0.6 is 0 Å². The summed E-state index contributed by atoms with van der Waals surface area (Å²) in [6.07, 6.45) is 9.43. The predicted molar refractivity (Wildman–Crippen MR) is 82.3 cm³/mol. The van der Waals surface area contributed by atoms with Crippen LogP contribution in [-0.4, -0.2) is 47.3 Å². The van der Waals surface area contributed by atoms with Crippen molar-refractivity contribution in [1.82, 2.24) is 20.0 Å². The highest BCUT2D eigenvalue weighted by Crippen LogP contribution is 2.25. The molecule has 2 heterocycles. The summed E-state index contributed by atoms with van der Waals surface area (Å²) >= 11 is 0. The van der Waals surface area contributed by atoms with E-state index in [2.05, 4.69) is 10.4 Å². The summed E-state index contributed by atoms with van der Waals surface area (Å²) in [5, 5.41) is 7.90. The van der Waals surface area contributed by atoms with Gasteiger partial charge in [-0.15, -0.1) is 0 Å². The van der Waals surface area contributed by atoms with Crippen molar-refractivity contribution in [1.29, 1.82) is 0 Å². The Balaban J connectivity index is 1.60. The summed E-state index contributed by atoms with van der Waals surface area (Å²) in [5.41, 5.74) is 0.584. The lowest BCUT2D eigenvalue weighted by Gasteiger charge is -2.23.